The van der Waals surface area contributed by atoms with Gasteiger partial charge in [0.1, 0.15) is 0 Å². The second-order valence-electron chi connectivity index (χ2n) is 42.2. The smallest absolute Gasteiger partial charge is 0.0921 e. The Balaban J connectivity index is 0.000000224. The number of unbranched alkanes of at least 4 members (excludes halogenated alkanes) is 5. The number of aromatic nitrogens is 18. The zero-order valence-corrected chi connectivity index (χ0v) is 91.9. The summed E-state index contributed by atoms with van der Waals surface area (Å²) in [5.41, 5.74) is 18.7. The van der Waals surface area contributed by atoms with Gasteiger partial charge in [0.25, 0.3) is 0 Å². The number of nitrogens with one attached hydrogen (secondary N) is 9. The average Bonchev–Trinajstić information content (AvgIpc) is 1.94. The third-order valence-electron chi connectivity index (χ3n) is 27.7. The Morgan fingerprint density at radius 3 is 0.878 bits per heavy atom. The second-order valence-corrected chi connectivity index (χ2v) is 42.2. The van der Waals surface area contributed by atoms with Crippen molar-refractivity contribution in [3.05, 3.63) is 236 Å². The van der Waals surface area contributed by atoms with Crippen molar-refractivity contribution in [1.29, 1.82) is 0 Å². The molecular formula is C128H191N19. The number of benzene rings is 1. The van der Waals surface area contributed by atoms with E-state index in [1.54, 1.807) is 56.9 Å². The Hall–Kier alpha value is -11.4. The average molecular weight is 2000 g/mol. The van der Waals surface area contributed by atoms with Crippen LogP contribution >= 0.6 is 0 Å². The minimum Gasteiger partial charge on any atom is -0.348 e. The van der Waals surface area contributed by atoms with Gasteiger partial charge in [-0.3, -0.25) is 0 Å². The Morgan fingerprint density at radius 1 is 0.293 bits per heavy atom. The van der Waals surface area contributed by atoms with Gasteiger partial charge in [-0.05, 0) is 207 Å². The summed E-state index contributed by atoms with van der Waals surface area (Å²) in [6.45, 7) is 13.4. The van der Waals surface area contributed by atoms with Gasteiger partial charge in [0.15, 0.2) is 0 Å². The van der Waals surface area contributed by atoms with E-state index in [0.29, 0.717) is 5.41 Å². The van der Waals surface area contributed by atoms with Crippen LogP contribution < -0.4 is 5.73 Å². The van der Waals surface area contributed by atoms with Crippen molar-refractivity contribution >= 4 is 0 Å². The highest BCUT2D eigenvalue weighted by Gasteiger charge is 2.18. The van der Waals surface area contributed by atoms with Crippen LogP contribution in [0.3, 0.4) is 0 Å². The number of hydrogen-bond donors (Lipinski definition) is 10. The van der Waals surface area contributed by atoms with Gasteiger partial charge in [0, 0.05) is 190 Å². The first-order valence-corrected chi connectivity index (χ1v) is 57.6. The van der Waals surface area contributed by atoms with E-state index < -0.39 is 0 Å². The van der Waals surface area contributed by atoms with Crippen molar-refractivity contribution in [2.75, 3.05) is 0 Å². The van der Waals surface area contributed by atoms with Crippen molar-refractivity contribution in [2.24, 2.45) is 46.7 Å². The predicted octanol–water partition coefficient (Wildman–Crippen LogP) is 31.4. The highest BCUT2D eigenvalue weighted by molar-refractivity contribution is 5.16. The maximum Gasteiger partial charge on any atom is 0.0921 e. The molecule has 798 valence electrons. The molecule has 0 spiro atoms. The molecule has 0 bridgehead atoms. The third kappa shape index (κ3) is 69.5. The fourth-order valence-electron chi connectivity index (χ4n) is 18.8. The molecule has 0 unspecified atom stereocenters. The molecule has 9 aromatic heterocycles. The molecule has 11 N–H and O–H groups in total. The van der Waals surface area contributed by atoms with Gasteiger partial charge in [-0.15, -0.1) is 71.0 Å². The summed E-state index contributed by atoms with van der Waals surface area (Å²) in [6, 6.07) is 10.9. The van der Waals surface area contributed by atoms with Crippen molar-refractivity contribution in [3.63, 3.8) is 0 Å². The molecule has 5 aliphatic rings. The minimum atomic E-state index is 0.245. The molecule has 5 saturated carbocycles. The summed E-state index contributed by atoms with van der Waals surface area (Å²) in [4.78, 5) is 63.8. The molecule has 0 aliphatic heterocycles. The number of allylic oxidation sites excluding steroid dienone is 5. The first kappa shape index (κ1) is 123. The van der Waals surface area contributed by atoms with Gasteiger partial charge >= 0.3 is 0 Å². The van der Waals surface area contributed by atoms with Crippen LogP contribution in [0.2, 0.25) is 0 Å². The summed E-state index contributed by atoms with van der Waals surface area (Å²) < 4.78 is 0. The van der Waals surface area contributed by atoms with Crippen molar-refractivity contribution in [2.45, 2.75) is 452 Å². The van der Waals surface area contributed by atoms with E-state index in [4.69, 9.17) is 5.73 Å². The van der Waals surface area contributed by atoms with E-state index in [1.807, 2.05) is 55.8 Å². The van der Waals surface area contributed by atoms with E-state index in [2.05, 4.69) is 269 Å². The number of imidazole rings is 9. The van der Waals surface area contributed by atoms with Crippen LogP contribution in [0.5, 0.6) is 0 Å². The Morgan fingerprint density at radius 2 is 0.565 bits per heavy atom. The molecule has 147 heavy (non-hydrogen) atoms. The molecule has 19 heteroatoms. The molecule has 1 aromatic carbocycles. The lowest BCUT2D eigenvalue weighted by Crippen LogP contribution is -2.22. The van der Waals surface area contributed by atoms with E-state index in [-0.39, 0.29) is 6.04 Å². The number of H-pyrrole nitrogens is 9. The molecule has 0 radical (unpaired) electrons. The number of aromatic amines is 9. The van der Waals surface area contributed by atoms with E-state index in [1.165, 1.54) is 301 Å². The molecule has 19 nitrogen and oxygen atoms in total. The molecule has 10 aromatic rings. The lowest BCUT2D eigenvalue weighted by molar-refractivity contribution is 0.329. The molecule has 5 fully saturated rings. The van der Waals surface area contributed by atoms with Crippen molar-refractivity contribution < 1.29 is 0 Å². The van der Waals surface area contributed by atoms with Gasteiger partial charge in [0.2, 0.25) is 0 Å². The summed E-state index contributed by atoms with van der Waals surface area (Å²) in [7, 11) is 0. The van der Waals surface area contributed by atoms with Crippen molar-refractivity contribution in [1.82, 2.24) is 89.7 Å². The summed E-state index contributed by atoms with van der Waals surface area (Å²) in [6.07, 6.45) is 124. The molecule has 5 aliphatic carbocycles. The molecule has 0 saturated heterocycles. The van der Waals surface area contributed by atoms with Crippen LogP contribution in [-0.4, -0.2) is 95.8 Å². The molecule has 15 rings (SSSR count). The third-order valence-corrected chi connectivity index (χ3v) is 27.7. The standard InChI is InChI=1S/C17H20N2.C15H25N3.2C15H24N2.C15H22N2.C14H20N2.C13H20N2.2C12H18N2/c1(2-4-9-13-17-14-18-15-19-17)3-6-10-16-11-7-5-8-12-16;16-14(10-13-6-2-1-3-7-13)8-4-5-9-15-11-17-12-18-15;3*1(2-7-11-15-12-16-13-17-15)4-8-14-9-5-3-6-10-14;1(3-7-13-8-5-6-9-13)2-4-10-14-11-15-12-16-14;1-13(2,3)9-7-5-4-6-8-12-10-14-11-15-12;1-11(2)7-5-3-4-6-8-12-9-13-10-14-12;1-2-3-4-5-6-7-8-9-12-10-13-11-14-12/h5,7-8,11-12,14-15H,1,3,6,9-10,13H2,(H,18,19);4,8,11-14H,1-3,5-7,9-10,16H2,(H,17,18);2*1-2,12-14H,3-11H2,(H,16,17);12-14H,3-11H2,(H,16,17);11-13H,3-10H2,(H,15,16);10-11H,6-9H2,1-3H3,(H,14,15);9-11H,5-8H2,1-2H3,(H,13,14);10-11H,2-5,8-9H2,1H3,(H,13,14)/b;8-4+;2-1+;2-1-;;;;;/t;14-;;;;;;;/m.1......./s1. The van der Waals surface area contributed by atoms with Crippen molar-refractivity contribution in [3.8, 4) is 71.0 Å². The van der Waals surface area contributed by atoms with Crippen LogP contribution in [0.1, 0.15) is 439 Å². The summed E-state index contributed by atoms with van der Waals surface area (Å²) in [5.74, 6) is 44.4. The maximum atomic E-state index is 6.16. The summed E-state index contributed by atoms with van der Waals surface area (Å²) >= 11 is 0. The quantitative estimate of drug-likeness (QED) is 0.00979. The lowest BCUT2D eigenvalue weighted by atomic mass is 9.85. The van der Waals surface area contributed by atoms with Crippen LogP contribution in [0, 0.1) is 112 Å². The number of nitrogens with zero attached hydrogens (tertiary/aromatic N) is 9. The highest BCUT2D eigenvalue weighted by atomic mass is 14.9. The van der Waals surface area contributed by atoms with Crippen LogP contribution in [0.15, 0.2) is 180 Å². The normalized spacial score (nSPS) is 14.4. The number of rotatable bonds is 44. The SMILES string of the molecule is C(#CCCC1CCCC1)CCc1cnc[nH]1.C(#CCCC1CCCCC1)CCc1cnc[nH]1.C(#CCCc1cnc[nH]1)CCCCc1ccccc1.C(=C/CCC1CCCCC1)/CCc1cnc[nH]1.C(=C\CCC1CCCCC1)/CCc1cnc[nH]1.CC(C)(C)CCC#CCCc1cnc[nH]1.CC(C)CCC#CCCc1cnc[nH]1.CCCCCC#CCCc1cnc[nH]1.N[C@H](/C=C/CCc1cnc[nH]1)CC1CCCCC1. The topological polar surface area (TPSA) is 284 Å². The Labute approximate surface area is 890 Å². The fourth-order valence-corrected chi connectivity index (χ4v) is 18.8. The van der Waals surface area contributed by atoms with Crippen LogP contribution in [0.25, 0.3) is 0 Å². The highest BCUT2D eigenvalue weighted by Crippen LogP contribution is 2.32. The number of hydrogen-bond acceptors (Lipinski definition) is 10. The molecule has 9 heterocycles. The van der Waals surface area contributed by atoms with E-state index >= 15 is 0 Å². The fraction of sp³-hybridized carbons (Fsp3) is 0.602. The molecule has 1 atom stereocenters. The Bertz CT molecular complexity index is 5000. The molecule has 0 amide bonds. The van der Waals surface area contributed by atoms with Crippen LogP contribution in [0.4, 0.5) is 0 Å². The lowest BCUT2D eigenvalue weighted by Gasteiger charge is -2.23. The van der Waals surface area contributed by atoms with E-state index in [9.17, 15) is 0 Å². The Kier molecular flexibility index (Phi) is 71.4. The largest absolute Gasteiger partial charge is 0.348 e. The second kappa shape index (κ2) is 85.6. The zero-order chi connectivity index (χ0) is 104. The molecular weight excluding hydrogens is 1800 g/mol. The van der Waals surface area contributed by atoms with Gasteiger partial charge in [0.05, 0.1) is 56.9 Å². The first-order chi connectivity index (χ1) is 72.4. The van der Waals surface area contributed by atoms with E-state index in [0.717, 1.165) is 196 Å². The zero-order valence-electron chi connectivity index (χ0n) is 91.9. The number of nitrogens with two attached hydrogens (primary N) is 1. The van der Waals surface area contributed by atoms with Gasteiger partial charge < -0.3 is 50.6 Å². The predicted molar refractivity (Wildman–Crippen MR) is 615 cm³/mol. The van der Waals surface area contributed by atoms with Crippen LogP contribution in [-0.2, 0) is 64.2 Å². The minimum absolute atomic E-state index is 0.245. The monoisotopic (exact) mass is 1990 g/mol. The maximum absolute atomic E-state index is 6.16. The van der Waals surface area contributed by atoms with Gasteiger partial charge in [-0.2, -0.15) is 0 Å². The summed E-state index contributed by atoms with van der Waals surface area (Å²) in [5, 5.41) is 0. The van der Waals surface area contributed by atoms with Gasteiger partial charge in [-0.25, -0.2) is 44.9 Å². The first-order valence-electron chi connectivity index (χ1n) is 57.6. The number of aryl methyl sites for hydroxylation is 10. The van der Waals surface area contributed by atoms with Gasteiger partial charge in [-0.1, -0.05) is 275 Å².